The molecule has 0 aromatic heterocycles. The molecule has 0 saturated carbocycles. The van der Waals surface area contributed by atoms with E-state index in [9.17, 15) is 29.3 Å². The molecule has 7 rings (SSSR count). The molecule has 1 N–H and O–H groups in total. The molecular formula is C36H44N6O7. The van der Waals surface area contributed by atoms with Crippen molar-refractivity contribution in [1.82, 2.24) is 15.1 Å². The standard InChI is InChI=1S/C36H44N6O7/c1-23-19-30(42(47)48)31(49-2)21-29(23)40-17-11-36(12-18-40)9-15-38(16-10-36)22-24-7-13-39(14-8-24)25-3-4-26-27(20-25)35(46)41(34(26)45)28-5-6-32(43)37-33(28)44/h3-4,19-21,24,28H,5-18,22H2,1-2H3,(H,37,43,44). The van der Waals surface area contributed by atoms with Crippen molar-refractivity contribution in [3.63, 3.8) is 0 Å². The van der Waals surface area contributed by atoms with Crippen LogP contribution >= 0.6 is 0 Å². The Labute approximate surface area is 285 Å². The van der Waals surface area contributed by atoms with Gasteiger partial charge in [-0.2, -0.15) is 0 Å². The van der Waals surface area contributed by atoms with E-state index in [4.69, 9.17) is 4.74 Å². The molecule has 5 aliphatic heterocycles. The Kier molecular flexibility index (Phi) is 8.80. The molecule has 0 aliphatic carbocycles. The Balaban J connectivity index is 0.888. The maximum absolute atomic E-state index is 13.3. The Morgan fingerprint density at radius 3 is 2.20 bits per heavy atom. The van der Waals surface area contributed by atoms with E-state index in [1.165, 1.54) is 20.0 Å². The fourth-order valence-electron chi connectivity index (χ4n) is 8.64. The third kappa shape index (κ3) is 6.24. The topological polar surface area (TPSA) is 146 Å². The van der Waals surface area contributed by atoms with E-state index in [0.717, 1.165) is 93.3 Å². The minimum absolute atomic E-state index is 0.00720. The minimum Gasteiger partial charge on any atom is -0.490 e. The number of nitrogens with one attached hydrogen (secondary N) is 1. The number of likely N-dealkylation sites (tertiary alicyclic amines) is 1. The van der Waals surface area contributed by atoms with Crippen molar-refractivity contribution in [2.45, 2.75) is 64.3 Å². The molecule has 5 heterocycles. The van der Waals surface area contributed by atoms with E-state index >= 15 is 0 Å². The van der Waals surface area contributed by atoms with Gasteiger partial charge >= 0.3 is 5.69 Å². The summed E-state index contributed by atoms with van der Waals surface area (Å²) in [4.78, 5) is 69.7. The Morgan fingerprint density at radius 2 is 1.55 bits per heavy atom. The SMILES string of the molecule is COc1cc(N2CCC3(CCN(CC4CCN(c5ccc6c(c5)C(=O)N(C5CCC(=O)NC5=O)C6=O)CC4)CC3)CC2)c(C)cc1[N+](=O)[O-]. The number of nitro groups is 1. The fourth-order valence-corrected chi connectivity index (χ4v) is 8.64. The average molecular weight is 673 g/mol. The summed E-state index contributed by atoms with van der Waals surface area (Å²) in [5, 5.41) is 13.7. The first kappa shape index (κ1) is 33.0. The highest BCUT2D eigenvalue weighted by atomic mass is 16.6. The molecule has 260 valence electrons. The van der Waals surface area contributed by atoms with Crippen LogP contribution in [0.1, 0.15) is 77.6 Å². The Morgan fingerprint density at radius 1 is 0.878 bits per heavy atom. The average Bonchev–Trinajstić information content (AvgIpc) is 3.35. The summed E-state index contributed by atoms with van der Waals surface area (Å²) in [5.74, 6) is -1.02. The Hall–Kier alpha value is -4.52. The largest absolute Gasteiger partial charge is 0.490 e. The number of rotatable bonds is 7. The maximum Gasteiger partial charge on any atom is 0.311 e. The van der Waals surface area contributed by atoms with Crippen molar-refractivity contribution < 1.29 is 28.8 Å². The number of imide groups is 2. The van der Waals surface area contributed by atoms with Crippen molar-refractivity contribution >= 4 is 40.7 Å². The van der Waals surface area contributed by atoms with Crippen LogP contribution in [0.5, 0.6) is 5.75 Å². The smallest absolute Gasteiger partial charge is 0.311 e. The molecule has 4 fully saturated rings. The van der Waals surface area contributed by atoms with Crippen LogP contribution in [0.15, 0.2) is 30.3 Å². The van der Waals surface area contributed by atoms with Crippen LogP contribution in [-0.2, 0) is 9.59 Å². The first-order valence-corrected chi connectivity index (χ1v) is 17.5. The number of nitrogens with zero attached hydrogens (tertiary/aromatic N) is 5. The molecule has 13 heteroatoms. The molecule has 4 saturated heterocycles. The van der Waals surface area contributed by atoms with Gasteiger partial charge in [-0.3, -0.25) is 39.5 Å². The normalized spacial score (nSPS) is 23.2. The van der Waals surface area contributed by atoms with E-state index < -0.39 is 23.8 Å². The van der Waals surface area contributed by atoms with Crippen LogP contribution in [0.4, 0.5) is 17.1 Å². The number of anilines is 2. The zero-order valence-electron chi connectivity index (χ0n) is 28.2. The van der Waals surface area contributed by atoms with Gasteiger partial charge in [-0.1, -0.05) is 0 Å². The van der Waals surface area contributed by atoms with E-state index in [2.05, 4.69) is 20.0 Å². The van der Waals surface area contributed by atoms with Gasteiger partial charge in [0.25, 0.3) is 11.8 Å². The van der Waals surface area contributed by atoms with Gasteiger partial charge in [0, 0.05) is 62.7 Å². The third-order valence-corrected chi connectivity index (χ3v) is 11.7. The van der Waals surface area contributed by atoms with Crippen molar-refractivity contribution in [3.8, 4) is 5.75 Å². The fraction of sp³-hybridized carbons (Fsp3) is 0.556. The molecule has 2 aromatic carbocycles. The van der Waals surface area contributed by atoms with Crippen LogP contribution in [0.25, 0.3) is 0 Å². The summed E-state index contributed by atoms with van der Waals surface area (Å²) >= 11 is 0. The molecule has 5 aliphatic rings. The van der Waals surface area contributed by atoms with Crippen molar-refractivity contribution in [2.75, 3.05) is 62.7 Å². The highest BCUT2D eigenvalue weighted by molar-refractivity contribution is 6.23. The predicted molar refractivity (Wildman–Crippen MR) is 182 cm³/mol. The molecule has 1 atom stereocenters. The summed E-state index contributed by atoms with van der Waals surface area (Å²) in [6.07, 6.45) is 6.99. The quantitative estimate of drug-likeness (QED) is 0.261. The molecule has 1 spiro atoms. The number of hydrogen-bond acceptors (Lipinski definition) is 10. The molecular weight excluding hydrogens is 628 g/mol. The molecule has 0 bridgehead atoms. The van der Waals surface area contributed by atoms with E-state index in [1.807, 2.05) is 19.1 Å². The second-order valence-electron chi connectivity index (χ2n) is 14.5. The van der Waals surface area contributed by atoms with Gasteiger partial charge in [0.1, 0.15) is 6.04 Å². The summed E-state index contributed by atoms with van der Waals surface area (Å²) in [6, 6.07) is 7.86. The number of carbonyl (C=O) groups is 4. The van der Waals surface area contributed by atoms with Crippen LogP contribution in [0, 0.1) is 28.4 Å². The second-order valence-corrected chi connectivity index (χ2v) is 14.5. The van der Waals surface area contributed by atoms with Gasteiger partial charge in [0.05, 0.1) is 23.2 Å². The monoisotopic (exact) mass is 672 g/mol. The lowest BCUT2D eigenvalue weighted by molar-refractivity contribution is -0.385. The summed E-state index contributed by atoms with van der Waals surface area (Å²) in [7, 11) is 1.48. The number of piperidine rings is 4. The van der Waals surface area contributed by atoms with Gasteiger partial charge in [-0.15, -0.1) is 0 Å². The number of benzene rings is 2. The highest BCUT2D eigenvalue weighted by Crippen LogP contribution is 2.44. The number of methoxy groups -OCH3 is 1. The zero-order chi connectivity index (χ0) is 34.4. The van der Waals surface area contributed by atoms with Crippen LogP contribution in [0.2, 0.25) is 0 Å². The van der Waals surface area contributed by atoms with Crippen LogP contribution < -0.4 is 19.9 Å². The van der Waals surface area contributed by atoms with Gasteiger partial charge < -0.3 is 19.4 Å². The van der Waals surface area contributed by atoms with Crippen LogP contribution in [-0.4, -0.2) is 97.3 Å². The number of ether oxygens (including phenoxy) is 1. The van der Waals surface area contributed by atoms with E-state index in [-0.39, 0.29) is 29.4 Å². The van der Waals surface area contributed by atoms with Gasteiger partial charge in [0.15, 0.2) is 5.75 Å². The van der Waals surface area contributed by atoms with Gasteiger partial charge in [-0.05, 0) is 100 Å². The number of amides is 4. The molecule has 4 amide bonds. The molecule has 1 unspecified atom stereocenters. The number of hydrogen-bond donors (Lipinski definition) is 1. The highest BCUT2D eigenvalue weighted by Gasteiger charge is 2.45. The second kappa shape index (κ2) is 13.1. The van der Waals surface area contributed by atoms with Crippen LogP contribution in [0.3, 0.4) is 0 Å². The minimum atomic E-state index is -0.960. The molecule has 2 aromatic rings. The lowest BCUT2D eigenvalue weighted by atomic mass is 9.71. The molecule has 49 heavy (non-hydrogen) atoms. The lowest BCUT2D eigenvalue weighted by Gasteiger charge is -2.48. The van der Waals surface area contributed by atoms with Gasteiger partial charge in [-0.25, -0.2) is 0 Å². The first-order valence-electron chi connectivity index (χ1n) is 17.5. The lowest BCUT2D eigenvalue weighted by Crippen LogP contribution is -2.54. The molecule has 0 radical (unpaired) electrons. The summed E-state index contributed by atoms with van der Waals surface area (Å²) in [5.41, 5.74) is 3.84. The number of carbonyl (C=O) groups excluding carboxylic acids is 4. The summed E-state index contributed by atoms with van der Waals surface area (Å²) < 4.78 is 5.34. The maximum atomic E-state index is 13.3. The van der Waals surface area contributed by atoms with Crippen molar-refractivity contribution in [3.05, 3.63) is 57.1 Å². The molecule has 13 nitrogen and oxygen atoms in total. The zero-order valence-corrected chi connectivity index (χ0v) is 28.2. The number of nitro benzene ring substituents is 1. The number of fused-ring (bicyclic) bond motifs is 1. The van der Waals surface area contributed by atoms with E-state index in [0.29, 0.717) is 28.2 Å². The number of aryl methyl sites for hydroxylation is 1. The van der Waals surface area contributed by atoms with Gasteiger partial charge in [0.2, 0.25) is 11.8 Å². The van der Waals surface area contributed by atoms with Crippen molar-refractivity contribution in [1.29, 1.82) is 0 Å². The third-order valence-electron chi connectivity index (χ3n) is 11.7. The van der Waals surface area contributed by atoms with Crippen molar-refractivity contribution in [2.24, 2.45) is 11.3 Å². The first-order chi connectivity index (χ1) is 23.6. The summed E-state index contributed by atoms with van der Waals surface area (Å²) in [6.45, 7) is 8.88. The Bertz CT molecular complexity index is 1680. The predicted octanol–water partition coefficient (Wildman–Crippen LogP) is 3.91. The van der Waals surface area contributed by atoms with E-state index in [1.54, 1.807) is 18.2 Å².